The number of rotatable bonds is 4. The Morgan fingerprint density at radius 3 is 2.68 bits per heavy atom. The zero-order valence-electron chi connectivity index (χ0n) is 12.9. The third-order valence-electron chi connectivity index (χ3n) is 2.40. The second kappa shape index (κ2) is 7.45. The van der Waals surface area contributed by atoms with Gasteiger partial charge in [0, 0.05) is 0 Å². The van der Waals surface area contributed by atoms with Gasteiger partial charge in [-0.3, -0.25) is 0 Å². The quantitative estimate of drug-likeness (QED) is 0.873. The summed E-state index contributed by atoms with van der Waals surface area (Å²) in [6, 6.07) is 4.34. The largest absolute Gasteiger partial charge is 0.487 e. The highest BCUT2D eigenvalue weighted by Crippen LogP contribution is 2.27. The lowest BCUT2D eigenvalue weighted by atomic mass is 10.2. The van der Waals surface area contributed by atoms with Crippen LogP contribution in [0.25, 0.3) is 0 Å². The average molecular weight is 373 g/mol. The smallest absolute Gasteiger partial charge is 0.407 e. The van der Waals surface area contributed by atoms with Crippen LogP contribution in [0.3, 0.4) is 0 Å². The molecular formula is C15H18BrFN2O3. The molecule has 1 aromatic carbocycles. The van der Waals surface area contributed by atoms with Crippen LogP contribution in [0.4, 0.5) is 9.18 Å². The summed E-state index contributed by atoms with van der Waals surface area (Å²) in [5.41, 5.74) is -0.492. The zero-order valence-corrected chi connectivity index (χ0v) is 14.5. The minimum absolute atomic E-state index is 0.0878. The number of halogens is 2. The van der Waals surface area contributed by atoms with E-state index in [0.29, 0.717) is 0 Å². The number of ether oxygens (including phenoxy) is 2. The number of benzene rings is 1. The Labute approximate surface area is 137 Å². The fourth-order valence-electron chi connectivity index (χ4n) is 1.51. The summed E-state index contributed by atoms with van der Waals surface area (Å²) in [5, 5.41) is 11.6. The van der Waals surface area contributed by atoms with Gasteiger partial charge in [0.1, 0.15) is 29.3 Å². The van der Waals surface area contributed by atoms with Crippen LogP contribution in [-0.4, -0.2) is 24.3 Å². The Kier molecular flexibility index (Phi) is 6.18. The number of carbonyl (C=O) groups excluding carboxylic acids is 1. The monoisotopic (exact) mass is 372 g/mol. The Morgan fingerprint density at radius 1 is 1.50 bits per heavy atom. The molecule has 1 aromatic rings. The molecule has 0 aliphatic heterocycles. The summed E-state index contributed by atoms with van der Waals surface area (Å²) in [6.45, 7) is 7.20. The predicted octanol–water partition coefficient (Wildman–Crippen LogP) is 3.75. The normalized spacial score (nSPS) is 12.2. The third kappa shape index (κ3) is 5.90. The van der Waals surface area contributed by atoms with Crippen LogP contribution in [0.1, 0.15) is 33.3 Å². The van der Waals surface area contributed by atoms with Gasteiger partial charge in [0.25, 0.3) is 0 Å². The summed E-state index contributed by atoms with van der Waals surface area (Å²) in [5.74, 6) is -0.294. The van der Waals surface area contributed by atoms with Crippen molar-refractivity contribution in [3.8, 4) is 11.8 Å². The highest BCUT2D eigenvalue weighted by atomic mass is 79.9. The van der Waals surface area contributed by atoms with Gasteiger partial charge >= 0.3 is 6.09 Å². The summed E-state index contributed by atoms with van der Waals surface area (Å²) in [4.78, 5) is 11.5. The molecule has 1 atom stereocenters. The standard InChI is InChI=1S/C15H18BrFN2O3/c1-9(8-19-14(20)22-15(2,3)4)21-13-6-11(16)12(17)5-10(13)7-18/h5-6,9H,8H2,1-4H3,(H,19,20)/t9-/m1/s1. The van der Waals surface area contributed by atoms with E-state index in [9.17, 15) is 9.18 Å². The maximum atomic E-state index is 13.4. The second-order valence-corrected chi connectivity index (χ2v) is 6.54. The maximum absolute atomic E-state index is 13.4. The third-order valence-corrected chi connectivity index (χ3v) is 3.01. The van der Waals surface area contributed by atoms with Crippen molar-refractivity contribution in [2.24, 2.45) is 0 Å². The number of nitrogens with one attached hydrogen (secondary N) is 1. The van der Waals surface area contributed by atoms with Gasteiger partial charge in [-0.15, -0.1) is 0 Å². The fourth-order valence-corrected chi connectivity index (χ4v) is 1.84. The van der Waals surface area contributed by atoms with Crippen LogP contribution in [0, 0.1) is 17.1 Å². The molecule has 0 bridgehead atoms. The molecule has 0 radical (unpaired) electrons. The molecule has 0 aliphatic carbocycles. The summed E-state index contributed by atoms with van der Waals surface area (Å²) < 4.78 is 24.2. The van der Waals surface area contributed by atoms with Gasteiger partial charge in [0.15, 0.2) is 0 Å². The number of amides is 1. The van der Waals surface area contributed by atoms with Crippen molar-refractivity contribution in [1.29, 1.82) is 5.26 Å². The van der Waals surface area contributed by atoms with Crippen LogP contribution >= 0.6 is 15.9 Å². The van der Waals surface area contributed by atoms with Crippen LogP contribution in [0.5, 0.6) is 5.75 Å². The fraction of sp³-hybridized carbons (Fsp3) is 0.467. The van der Waals surface area contributed by atoms with Crippen LogP contribution in [0.2, 0.25) is 0 Å². The van der Waals surface area contributed by atoms with Crippen molar-refractivity contribution in [3.05, 3.63) is 28.0 Å². The van der Waals surface area contributed by atoms with Crippen LogP contribution in [0.15, 0.2) is 16.6 Å². The van der Waals surface area contributed by atoms with Crippen molar-refractivity contribution in [1.82, 2.24) is 5.32 Å². The van der Waals surface area contributed by atoms with E-state index in [4.69, 9.17) is 14.7 Å². The van der Waals surface area contributed by atoms with E-state index in [2.05, 4.69) is 21.2 Å². The SMILES string of the molecule is C[C@H](CNC(=O)OC(C)(C)C)Oc1cc(Br)c(F)cc1C#N. The molecule has 0 heterocycles. The van der Waals surface area contributed by atoms with Gasteiger partial charge in [-0.1, -0.05) is 0 Å². The number of hydrogen-bond acceptors (Lipinski definition) is 4. The van der Waals surface area contributed by atoms with Gasteiger partial charge in [-0.25, -0.2) is 9.18 Å². The molecule has 0 aliphatic rings. The molecule has 1 amide bonds. The first-order chi connectivity index (χ1) is 10.1. The highest BCUT2D eigenvalue weighted by Gasteiger charge is 2.17. The van der Waals surface area contributed by atoms with Crippen molar-refractivity contribution in [3.63, 3.8) is 0 Å². The van der Waals surface area contributed by atoms with E-state index in [-0.39, 0.29) is 22.3 Å². The predicted molar refractivity (Wildman–Crippen MR) is 83.1 cm³/mol. The number of hydrogen-bond donors (Lipinski definition) is 1. The summed E-state index contributed by atoms with van der Waals surface area (Å²) in [6.07, 6.45) is -0.972. The minimum atomic E-state index is -0.579. The molecule has 1 N–H and O–H groups in total. The molecule has 0 saturated carbocycles. The molecule has 120 valence electrons. The molecule has 0 spiro atoms. The van der Waals surface area contributed by atoms with Gasteiger partial charge in [0.05, 0.1) is 16.6 Å². The van der Waals surface area contributed by atoms with E-state index in [1.54, 1.807) is 27.7 Å². The van der Waals surface area contributed by atoms with Gasteiger partial charge in [-0.05, 0) is 55.8 Å². The van der Waals surface area contributed by atoms with Crippen molar-refractivity contribution in [2.75, 3.05) is 6.54 Å². The first-order valence-electron chi connectivity index (χ1n) is 6.65. The van der Waals surface area contributed by atoms with Crippen LogP contribution in [-0.2, 0) is 4.74 Å². The van der Waals surface area contributed by atoms with E-state index >= 15 is 0 Å². The summed E-state index contributed by atoms with van der Waals surface area (Å²) in [7, 11) is 0. The summed E-state index contributed by atoms with van der Waals surface area (Å²) >= 11 is 3.04. The molecule has 0 aromatic heterocycles. The van der Waals surface area contributed by atoms with Gasteiger partial charge < -0.3 is 14.8 Å². The van der Waals surface area contributed by atoms with Crippen LogP contribution < -0.4 is 10.1 Å². The van der Waals surface area contributed by atoms with Crippen molar-refractivity contribution in [2.45, 2.75) is 39.4 Å². The lowest BCUT2D eigenvalue weighted by molar-refractivity contribution is 0.0505. The average Bonchev–Trinajstić information content (AvgIpc) is 2.38. The Morgan fingerprint density at radius 2 is 2.14 bits per heavy atom. The molecular weight excluding hydrogens is 355 g/mol. The lowest BCUT2D eigenvalue weighted by Crippen LogP contribution is -2.37. The first-order valence-corrected chi connectivity index (χ1v) is 7.44. The number of carbonyl (C=O) groups is 1. The Balaban J connectivity index is 2.63. The van der Waals surface area contributed by atoms with E-state index in [1.165, 1.54) is 6.07 Å². The number of alkyl carbamates (subject to hydrolysis) is 1. The van der Waals surface area contributed by atoms with Crippen molar-refractivity contribution < 1.29 is 18.7 Å². The highest BCUT2D eigenvalue weighted by molar-refractivity contribution is 9.10. The molecule has 5 nitrogen and oxygen atoms in total. The van der Waals surface area contributed by atoms with Gasteiger partial charge in [0.2, 0.25) is 0 Å². The Hall–Kier alpha value is -1.81. The van der Waals surface area contributed by atoms with Crippen molar-refractivity contribution >= 4 is 22.0 Å². The zero-order chi connectivity index (χ0) is 16.9. The maximum Gasteiger partial charge on any atom is 0.407 e. The van der Waals surface area contributed by atoms with E-state index in [1.807, 2.05) is 6.07 Å². The second-order valence-electron chi connectivity index (χ2n) is 5.69. The Bertz CT molecular complexity index is 594. The van der Waals surface area contributed by atoms with E-state index < -0.39 is 23.6 Å². The molecule has 0 unspecified atom stereocenters. The van der Waals surface area contributed by atoms with E-state index in [0.717, 1.165) is 6.07 Å². The number of nitrogens with zero attached hydrogens (tertiary/aromatic N) is 1. The molecule has 7 heteroatoms. The minimum Gasteiger partial charge on any atom is -0.487 e. The molecule has 22 heavy (non-hydrogen) atoms. The van der Waals surface area contributed by atoms with Gasteiger partial charge in [-0.2, -0.15) is 5.26 Å². The molecule has 0 fully saturated rings. The molecule has 1 rings (SSSR count). The number of nitriles is 1. The lowest BCUT2D eigenvalue weighted by Gasteiger charge is -2.21. The topological polar surface area (TPSA) is 71.3 Å². The first kappa shape index (κ1) is 18.2. The molecule has 0 saturated heterocycles.